The summed E-state index contributed by atoms with van der Waals surface area (Å²) in [6, 6.07) is 13.2. The molecule has 1 unspecified atom stereocenters. The molecule has 0 saturated carbocycles. The van der Waals surface area contributed by atoms with Crippen LogP contribution in [0.25, 0.3) is 0 Å². The molecule has 2 rings (SSSR count). The van der Waals surface area contributed by atoms with Crippen LogP contribution in [-0.2, 0) is 18.3 Å². The van der Waals surface area contributed by atoms with Gasteiger partial charge >= 0.3 is 0 Å². The Kier molecular flexibility index (Phi) is 3.94. The van der Waals surface area contributed by atoms with Gasteiger partial charge in [0.2, 0.25) is 5.91 Å². The molecule has 2 aromatic rings. The van der Waals surface area contributed by atoms with E-state index < -0.39 is 5.92 Å². The molecular weight excluding hydrogens is 240 g/mol. The van der Waals surface area contributed by atoms with Crippen LogP contribution in [0, 0.1) is 17.2 Å². The Hall–Kier alpha value is -2.61. The average Bonchev–Trinajstić information content (AvgIpc) is 2.82. The summed E-state index contributed by atoms with van der Waals surface area (Å²) in [4.78, 5) is 12.0. The fourth-order valence-corrected chi connectivity index (χ4v) is 1.76. The van der Waals surface area contributed by atoms with Crippen molar-refractivity contribution in [1.82, 2.24) is 9.78 Å². The third-order valence-corrected chi connectivity index (χ3v) is 2.83. The second kappa shape index (κ2) is 5.83. The van der Waals surface area contributed by atoms with Crippen molar-refractivity contribution in [3.05, 3.63) is 48.2 Å². The molecule has 0 radical (unpaired) electrons. The van der Waals surface area contributed by atoms with E-state index in [1.54, 1.807) is 24.0 Å². The number of aromatic nitrogens is 2. The Balaban J connectivity index is 2.04. The smallest absolute Gasteiger partial charge is 0.243 e. The molecule has 1 atom stereocenters. The van der Waals surface area contributed by atoms with Gasteiger partial charge in [-0.3, -0.25) is 9.48 Å². The summed E-state index contributed by atoms with van der Waals surface area (Å²) in [6.07, 6.45) is 2.00. The normalized spacial score (nSPS) is 11.6. The number of rotatable bonds is 4. The zero-order valence-electron chi connectivity index (χ0n) is 10.6. The number of benzene rings is 1. The lowest BCUT2D eigenvalue weighted by Crippen LogP contribution is -2.24. The first-order chi connectivity index (χ1) is 9.20. The lowest BCUT2D eigenvalue weighted by atomic mass is 10.00. The minimum atomic E-state index is -0.711. The molecule has 1 heterocycles. The molecule has 5 nitrogen and oxygen atoms in total. The van der Waals surface area contributed by atoms with E-state index in [9.17, 15) is 4.79 Å². The Morgan fingerprint density at radius 3 is 2.74 bits per heavy atom. The van der Waals surface area contributed by atoms with E-state index in [4.69, 9.17) is 5.26 Å². The fraction of sp³-hybridized carbons (Fsp3) is 0.214. The molecule has 5 heteroatoms. The molecule has 0 bridgehead atoms. The second-order valence-electron chi connectivity index (χ2n) is 4.20. The lowest BCUT2D eigenvalue weighted by Gasteiger charge is -2.10. The number of hydrogen-bond donors (Lipinski definition) is 1. The highest BCUT2D eigenvalue weighted by atomic mass is 16.2. The Labute approximate surface area is 111 Å². The standard InChI is InChI=1S/C14H14N4O/c1-18-13(7-8-16-18)17-14(19)12(10-15)9-11-5-3-2-4-6-11/h2-8,12H,9H2,1H3,(H,17,19). The highest BCUT2D eigenvalue weighted by Crippen LogP contribution is 2.11. The van der Waals surface area contributed by atoms with Crippen LogP contribution in [0.1, 0.15) is 5.56 Å². The van der Waals surface area contributed by atoms with E-state index in [0.29, 0.717) is 12.2 Å². The Bertz CT molecular complexity index is 597. The SMILES string of the molecule is Cn1nccc1NC(=O)C(C#N)Cc1ccccc1. The van der Waals surface area contributed by atoms with E-state index in [2.05, 4.69) is 10.4 Å². The molecule has 1 N–H and O–H groups in total. The summed E-state index contributed by atoms with van der Waals surface area (Å²) in [7, 11) is 1.73. The first-order valence-electron chi connectivity index (χ1n) is 5.93. The monoisotopic (exact) mass is 254 g/mol. The van der Waals surface area contributed by atoms with Crippen molar-refractivity contribution in [3.8, 4) is 6.07 Å². The number of carbonyl (C=O) groups is 1. The molecule has 0 aliphatic carbocycles. The Morgan fingerprint density at radius 1 is 1.42 bits per heavy atom. The third kappa shape index (κ3) is 3.19. The molecule has 1 amide bonds. The van der Waals surface area contributed by atoms with Gasteiger partial charge in [0.05, 0.1) is 12.3 Å². The number of nitrogens with one attached hydrogen (secondary N) is 1. The van der Waals surface area contributed by atoms with Gasteiger partial charge < -0.3 is 5.32 Å². The van der Waals surface area contributed by atoms with Crippen LogP contribution >= 0.6 is 0 Å². The van der Waals surface area contributed by atoms with Crippen LogP contribution in [0.5, 0.6) is 0 Å². The van der Waals surface area contributed by atoms with E-state index in [-0.39, 0.29) is 5.91 Å². The largest absolute Gasteiger partial charge is 0.310 e. The summed E-state index contributed by atoms with van der Waals surface area (Å²) in [5.74, 6) is -0.439. The third-order valence-electron chi connectivity index (χ3n) is 2.83. The maximum absolute atomic E-state index is 12.0. The van der Waals surface area contributed by atoms with Crippen molar-refractivity contribution in [2.75, 3.05) is 5.32 Å². The molecular formula is C14H14N4O. The van der Waals surface area contributed by atoms with Crippen LogP contribution in [0.15, 0.2) is 42.6 Å². The summed E-state index contributed by atoms with van der Waals surface area (Å²) in [5, 5.41) is 15.8. The van der Waals surface area contributed by atoms with Gasteiger partial charge in [-0.1, -0.05) is 30.3 Å². The van der Waals surface area contributed by atoms with E-state index >= 15 is 0 Å². The molecule has 0 saturated heterocycles. The van der Waals surface area contributed by atoms with E-state index in [1.807, 2.05) is 36.4 Å². The van der Waals surface area contributed by atoms with Crippen LogP contribution < -0.4 is 5.32 Å². The zero-order valence-corrected chi connectivity index (χ0v) is 10.6. The van der Waals surface area contributed by atoms with Crippen LogP contribution in [-0.4, -0.2) is 15.7 Å². The summed E-state index contributed by atoms with van der Waals surface area (Å²) in [6.45, 7) is 0. The van der Waals surface area contributed by atoms with Gasteiger partial charge in [0.15, 0.2) is 0 Å². The molecule has 19 heavy (non-hydrogen) atoms. The van der Waals surface area contributed by atoms with Gasteiger partial charge in [0.25, 0.3) is 0 Å². The highest BCUT2D eigenvalue weighted by Gasteiger charge is 2.19. The topological polar surface area (TPSA) is 70.7 Å². The minimum Gasteiger partial charge on any atom is -0.310 e. The number of nitrogens with zero attached hydrogens (tertiary/aromatic N) is 3. The quantitative estimate of drug-likeness (QED) is 0.903. The van der Waals surface area contributed by atoms with Crippen LogP contribution in [0.4, 0.5) is 5.82 Å². The predicted octanol–water partition coefficient (Wildman–Crippen LogP) is 1.74. The molecule has 0 spiro atoms. The maximum Gasteiger partial charge on any atom is 0.243 e. The highest BCUT2D eigenvalue weighted by molar-refractivity contribution is 5.93. The van der Waals surface area contributed by atoms with Crippen molar-refractivity contribution in [3.63, 3.8) is 0 Å². The summed E-state index contributed by atoms with van der Waals surface area (Å²) < 4.78 is 1.55. The second-order valence-corrected chi connectivity index (χ2v) is 4.20. The van der Waals surface area contributed by atoms with Crippen molar-refractivity contribution in [2.45, 2.75) is 6.42 Å². The van der Waals surface area contributed by atoms with E-state index in [1.165, 1.54) is 0 Å². The zero-order chi connectivity index (χ0) is 13.7. The predicted molar refractivity (Wildman–Crippen MR) is 71.1 cm³/mol. The molecule has 1 aromatic heterocycles. The number of amides is 1. The van der Waals surface area contributed by atoms with E-state index in [0.717, 1.165) is 5.56 Å². The number of carbonyl (C=O) groups excluding carboxylic acids is 1. The first-order valence-corrected chi connectivity index (χ1v) is 5.93. The first kappa shape index (κ1) is 12.8. The van der Waals surface area contributed by atoms with Gasteiger partial charge in [0.1, 0.15) is 11.7 Å². The average molecular weight is 254 g/mol. The number of nitriles is 1. The van der Waals surface area contributed by atoms with Crippen LogP contribution in [0.2, 0.25) is 0 Å². The van der Waals surface area contributed by atoms with Crippen LogP contribution in [0.3, 0.4) is 0 Å². The maximum atomic E-state index is 12.0. The van der Waals surface area contributed by atoms with Crippen molar-refractivity contribution in [2.24, 2.45) is 13.0 Å². The number of hydrogen-bond acceptors (Lipinski definition) is 3. The van der Waals surface area contributed by atoms with Crippen molar-refractivity contribution < 1.29 is 4.79 Å². The molecule has 0 fully saturated rings. The molecule has 1 aromatic carbocycles. The van der Waals surface area contributed by atoms with Gasteiger partial charge in [-0.05, 0) is 12.0 Å². The number of aryl methyl sites for hydroxylation is 1. The van der Waals surface area contributed by atoms with Crippen molar-refractivity contribution >= 4 is 11.7 Å². The fourth-order valence-electron chi connectivity index (χ4n) is 1.76. The Morgan fingerprint density at radius 2 is 2.16 bits per heavy atom. The number of anilines is 1. The lowest BCUT2D eigenvalue weighted by molar-refractivity contribution is -0.118. The van der Waals surface area contributed by atoms with Gasteiger partial charge in [0, 0.05) is 13.1 Å². The summed E-state index contributed by atoms with van der Waals surface area (Å²) in [5.41, 5.74) is 0.967. The van der Waals surface area contributed by atoms with Crippen molar-refractivity contribution in [1.29, 1.82) is 5.26 Å². The van der Waals surface area contributed by atoms with Gasteiger partial charge in [-0.25, -0.2) is 0 Å². The van der Waals surface area contributed by atoms with Gasteiger partial charge in [-0.2, -0.15) is 10.4 Å². The summed E-state index contributed by atoms with van der Waals surface area (Å²) >= 11 is 0. The van der Waals surface area contributed by atoms with Gasteiger partial charge in [-0.15, -0.1) is 0 Å². The molecule has 0 aliphatic heterocycles. The molecule has 0 aliphatic rings. The molecule has 96 valence electrons. The minimum absolute atomic E-state index is 0.310.